The number of aromatic nitrogens is 1. The molecule has 1 aliphatic rings. The molecule has 0 saturated carbocycles. The maximum absolute atomic E-state index is 12.5. The lowest BCUT2D eigenvalue weighted by Gasteiger charge is -2.20. The molecule has 1 atom stereocenters. The van der Waals surface area contributed by atoms with Gasteiger partial charge < -0.3 is 19.9 Å². The number of thiazole rings is 1. The molecule has 2 aromatic carbocycles. The van der Waals surface area contributed by atoms with Crippen LogP contribution < -0.4 is 15.0 Å². The lowest BCUT2D eigenvalue weighted by atomic mass is 10.1. The molecule has 0 spiro atoms. The molecule has 6 nitrogen and oxygen atoms in total. The number of nitrogens with zero attached hydrogens (tertiary/aromatic N) is 3. The minimum atomic E-state index is -0.0518. The number of urea groups is 1. The molecule has 2 heterocycles. The van der Waals surface area contributed by atoms with Crippen LogP contribution in [0.2, 0.25) is 0 Å². The number of hydrogen-bond acceptors (Lipinski definition) is 5. The zero-order valence-corrected chi connectivity index (χ0v) is 17.6. The molecular weight excluding hydrogens is 384 g/mol. The smallest absolute Gasteiger partial charge is 0.317 e. The van der Waals surface area contributed by atoms with Gasteiger partial charge in [0.05, 0.1) is 23.9 Å². The minimum Gasteiger partial charge on any atom is -0.497 e. The molecule has 1 unspecified atom stereocenters. The van der Waals surface area contributed by atoms with E-state index in [4.69, 9.17) is 4.74 Å². The first-order valence-electron chi connectivity index (χ1n) is 9.85. The van der Waals surface area contributed by atoms with Crippen molar-refractivity contribution in [3.8, 4) is 5.75 Å². The number of ether oxygens (including phenoxy) is 1. The number of benzene rings is 2. The molecule has 1 aliphatic heterocycles. The Hall–Kier alpha value is -2.80. The third-order valence-electron chi connectivity index (χ3n) is 5.30. The average molecular weight is 411 g/mol. The molecule has 1 fully saturated rings. The van der Waals surface area contributed by atoms with Gasteiger partial charge in [-0.3, -0.25) is 0 Å². The van der Waals surface area contributed by atoms with E-state index in [9.17, 15) is 4.79 Å². The molecule has 4 rings (SSSR count). The summed E-state index contributed by atoms with van der Waals surface area (Å²) in [5, 5.41) is 4.04. The largest absolute Gasteiger partial charge is 0.497 e. The number of nitrogens with one attached hydrogen (secondary N) is 1. The second-order valence-electron chi connectivity index (χ2n) is 7.42. The van der Waals surface area contributed by atoms with Crippen LogP contribution in [0.3, 0.4) is 0 Å². The first-order valence-corrected chi connectivity index (χ1v) is 10.7. The Morgan fingerprint density at radius 3 is 3.00 bits per heavy atom. The number of rotatable bonds is 6. The fraction of sp³-hybridized carbons (Fsp3) is 0.364. The van der Waals surface area contributed by atoms with E-state index in [2.05, 4.69) is 33.4 Å². The van der Waals surface area contributed by atoms with Gasteiger partial charge in [0.1, 0.15) is 10.8 Å². The summed E-state index contributed by atoms with van der Waals surface area (Å²) in [5.74, 6) is 1.32. The van der Waals surface area contributed by atoms with Gasteiger partial charge in [-0.1, -0.05) is 18.2 Å². The SMILES string of the molecule is COc1cccc(N2CCC(CNC(=O)N(C)Cc3nc4ccccc4s3)C2)c1. The van der Waals surface area contributed by atoms with Gasteiger partial charge in [-0.2, -0.15) is 0 Å². The first-order chi connectivity index (χ1) is 14.1. The van der Waals surface area contributed by atoms with E-state index in [1.54, 1.807) is 23.3 Å². The van der Waals surface area contributed by atoms with E-state index in [-0.39, 0.29) is 6.03 Å². The first kappa shape index (κ1) is 19.5. The van der Waals surface area contributed by atoms with Crippen molar-refractivity contribution in [3.63, 3.8) is 0 Å². The molecular formula is C22H26N4O2S. The highest BCUT2D eigenvalue weighted by atomic mass is 32.1. The second kappa shape index (κ2) is 8.69. The Morgan fingerprint density at radius 1 is 1.31 bits per heavy atom. The van der Waals surface area contributed by atoms with Crippen LogP contribution in [0.1, 0.15) is 11.4 Å². The maximum atomic E-state index is 12.5. The van der Waals surface area contributed by atoms with Gasteiger partial charge >= 0.3 is 6.03 Å². The van der Waals surface area contributed by atoms with Crippen LogP contribution in [0, 0.1) is 5.92 Å². The van der Waals surface area contributed by atoms with Crippen molar-refractivity contribution < 1.29 is 9.53 Å². The van der Waals surface area contributed by atoms with Crippen LogP contribution in [0.4, 0.5) is 10.5 Å². The Kier molecular flexibility index (Phi) is 5.85. The number of amides is 2. The lowest BCUT2D eigenvalue weighted by Crippen LogP contribution is -2.39. The molecule has 0 radical (unpaired) electrons. The minimum absolute atomic E-state index is 0.0518. The lowest BCUT2D eigenvalue weighted by molar-refractivity contribution is 0.205. The van der Waals surface area contributed by atoms with Gasteiger partial charge in [0.2, 0.25) is 0 Å². The summed E-state index contributed by atoms with van der Waals surface area (Å²) < 4.78 is 6.47. The third kappa shape index (κ3) is 4.62. The van der Waals surface area contributed by atoms with Crippen molar-refractivity contribution in [2.24, 2.45) is 5.92 Å². The molecule has 1 saturated heterocycles. The van der Waals surface area contributed by atoms with E-state index < -0.39 is 0 Å². The third-order valence-corrected chi connectivity index (χ3v) is 6.32. The Balaban J connectivity index is 1.27. The van der Waals surface area contributed by atoms with E-state index in [0.717, 1.165) is 40.5 Å². The van der Waals surface area contributed by atoms with Crippen LogP contribution in [0.15, 0.2) is 48.5 Å². The van der Waals surface area contributed by atoms with Gasteiger partial charge in [-0.25, -0.2) is 9.78 Å². The van der Waals surface area contributed by atoms with Crippen LogP contribution in [-0.2, 0) is 6.54 Å². The molecule has 3 aromatic rings. The van der Waals surface area contributed by atoms with E-state index in [1.807, 2.05) is 37.4 Å². The molecule has 0 aliphatic carbocycles. The topological polar surface area (TPSA) is 57.7 Å². The molecule has 7 heteroatoms. The van der Waals surface area contributed by atoms with Gasteiger partial charge in [-0.05, 0) is 36.6 Å². The maximum Gasteiger partial charge on any atom is 0.317 e. The highest BCUT2D eigenvalue weighted by Crippen LogP contribution is 2.27. The van der Waals surface area contributed by atoms with Gasteiger partial charge in [0.25, 0.3) is 0 Å². The van der Waals surface area contributed by atoms with Crippen molar-refractivity contribution >= 4 is 33.3 Å². The Labute approximate surface area is 175 Å². The number of methoxy groups -OCH3 is 1. The molecule has 2 amide bonds. The second-order valence-corrected chi connectivity index (χ2v) is 8.53. The zero-order chi connectivity index (χ0) is 20.2. The van der Waals surface area contributed by atoms with Crippen molar-refractivity contribution in [1.82, 2.24) is 15.2 Å². The monoisotopic (exact) mass is 410 g/mol. The normalized spacial score (nSPS) is 16.2. The fourth-order valence-corrected chi connectivity index (χ4v) is 4.69. The average Bonchev–Trinajstić information content (AvgIpc) is 3.38. The van der Waals surface area contributed by atoms with Crippen LogP contribution >= 0.6 is 11.3 Å². The Morgan fingerprint density at radius 2 is 2.17 bits per heavy atom. The summed E-state index contributed by atoms with van der Waals surface area (Å²) in [6.45, 7) is 3.14. The predicted octanol–water partition coefficient (Wildman–Crippen LogP) is 3.97. The summed E-state index contributed by atoms with van der Waals surface area (Å²) >= 11 is 1.64. The van der Waals surface area contributed by atoms with E-state index in [0.29, 0.717) is 19.0 Å². The quantitative estimate of drug-likeness (QED) is 0.668. The standard InChI is InChI=1S/C22H26N4O2S/c1-25(15-21-24-19-8-3-4-9-20(19)29-21)22(27)23-13-16-10-11-26(14-16)17-6-5-7-18(12-17)28-2/h3-9,12,16H,10-11,13-15H2,1-2H3,(H,23,27). The summed E-state index contributed by atoms with van der Waals surface area (Å²) in [6, 6.07) is 16.1. The number of hydrogen-bond donors (Lipinski definition) is 1. The summed E-state index contributed by atoms with van der Waals surface area (Å²) in [6.07, 6.45) is 1.07. The Bertz CT molecular complexity index is 957. The van der Waals surface area contributed by atoms with E-state index >= 15 is 0 Å². The number of carbonyl (C=O) groups excluding carboxylic acids is 1. The van der Waals surface area contributed by atoms with Crippen molar-refractivity contribution in [2.75, 3.05) is 38.7 Å². The van der Waals surface area contributed by atoms with Crippen molar-refractivity contribution in [1.29, 1.82) is 0 Å². The van der Waals surface area contributed by atoms with Gasteiger partial charge in [0.15, 0.2) is 0 Å². The summed E-state index contributed by atoms with van der Waals surface area (Å²) in [4.78, 5) is 21.2. The van der Waals surface area contributed by atoms with Crippen LogP contribution in [0.5, 0.6) is 5.75 Å². The molecule has 152 valence electrons. The van der Waals surface area contributed by atoms with E-state index in [1.165, 1.54) is 5.69 Å². The number of carbonyl (C=O) groups is 1. The number of para-hydroxylation sites is 1. The highest BCUT2D eigenvalue weighted by molar-refractivity contribution is 7.18. The summed E-state index contributed by atoms with van der Waals surface area (Å²) in [5.41, 5.74) is 2.16. The van der Waals surface area contributed by atoms with Crippen molar-refractivity contribution in [2.45, 2.75) is 13.0 Å². The number of fused-ring (bicyclic) bond motifs is 1. The van der Waals surface area contributed by atoms with Crippen LogP contribution in [0.25, 0.3) is 10.2 Å². The molecule has 0 bridgehead atoms. The van der Waals surface area contributed by atoms with Gasteiger partial charge in [0, 0.05) is 38.4 Å². The van der Waals surface area contributed by atoms with Gasteiger partial charge in [-0.15, -0.1) is 11.3 Å². The zero-order valence-electron chi connectivity index (χ0n) is 16.8. The van der Waals surface area contributed by atoms with Crippen LogP contribution in [-0.4, -0.2) is 49.7 Å². The highest BCUT2D eigenvalue weighted by Gasteiger charge is 2.24. The number of anilines is 1. The molecule has 29 heavy (non-hydrogen) atoms. The fourth-order valence-electron chi connectivity index (χ4n) is 3.67. The molecule has 1 N–H and O–H groups in total. The summed E-state index contributed by atoms with van der Waals surface area (Å²) in [7, 11) is 3.50. The van der Waals surface area contributed by atoms with Crippen molar-refractivity contribution in [3.05, 3.63) is 53.5 Å². The predicted molar refractivity (Wildman–Crippen MR) is 118 cm³/mol. The molecule has 1 aromatic heterocycles.